The zero-order valence-corrected chi connectivity index (χ0v) is 12.4. The number of hydrogen-bond donors (Lipinski definition) is 0. The molecule has 2 aromatic heterocycles. The predicted octanol–water partition coefficient (Wildman–Crippen LogP) is 3.76. The van der Waals surface area contributed by atoms with E-state index in [9.17, 15) is 0 Å². The third-order valence-corrected chi connectivity index (χ3v) is 3.71. The van der Waals surface area contributed by atoms with Gasteiger partial charge in [-0.1, -0.05) is 34.8 Å². The van der Waals surface area contributed by atoms with Gasteiger partial charge in [0, 0.05) is 5.56 Å². The normalized spacial score (nSPS) is 11.0. The highest BCUT2D eigenvalue weighted by atomic mass is 35.5. The van der Waals surface area contributed by atoms with E-state index in [2.05, 4.69) is 15.1 Å². The smallest absolute Gasteiger partial charge is 0.255 e. The standard InChI is InChI=1S/C12H7Cl3N4O/c1-20-6-2-3-7(8(13)4-6)9-10(14)18-12-16-5-17-19(12)11(9)15/h2-5H,1H3. The third-order valence-electron chi connectivity index (χ3n) is 2.77. The van der Waals surface area contributed by atoms with Crippen LogP contribution in [0.3, 0.4) is 0 Å². The van der Waals surface area contributed by atoms with Crippen LogP contribution in [0, 0.1) is 0 Å². The molecule has 0 N–H and O–H groups in total. The van der Waals surface area contributed by atoms with Crippen molar-refractivity contribution < 1.29 is 4.74 Å². The van der Waals surface area contributed by atoms with E-state index < -0.39 is 0 Å². The molecule has 102 valence electrons. The first-order chi connectivity index (χ1) is 9.61. The summed E-state index contributed by atoms with van der Waals surface area (Å²) >= 11 is 18.7. The van der Waals surface area contributed by atoms with Crippen LogP contribution in [-0.2, 0) is 0 Å². The van der Waals surface area contributed by atoms with Crippen molar-refractivity contribution in [2.75, 3.05) is 7.11 Å². The Hall–Kier alpha value is -1.56. The van der Waals surface area contributed by atoms with E-state index in [0.29, 0.717) is 32.8 Å². The van der Waals surface area contributed by atoms with Gasteiger partial charge in [0.15, 0.2) is 0 Å². The summed E-state index contributed by atoms with van der Waals surface area (Å²) < 4.78 is 6.50. The average molecular weight is 330 g/mol. The Morgan fingerprint density at radius 2 is 2.00 bits per heavy atom. The number of methoxy groups -OCH3 is 1. The van der Waals surface area contributed by atoms with Gasteiger partial charge in [0.2, 0.25) is 0 Å². The number of benzene rings is 1. The summed E-state index contributed by atoms with van der Waals surface area (Å²) in [6.45, 7) is 0. The summed E-state index contributed by atoms with van der Waals surface area (Å²) in [5.41, 5.74) is 1.14. The molecular formula is C12H7Cl3N4O. The molecule has 0 unspecified atom stereocenters. The summed E-state index contributed by atoms with van der Waals surface area (Å²) in [6.07, 6.45) is 1.35. The zero-order valence-electron chi connectivity index (χ0n) is 10.1. The molecule has 0 saturated heterocycles. The van der Waals surface area contributed by atoms with Gasteiger partial charge in [-0.25, -0.2) is 0 Å². The van der Waals surface area contributed by atoms with Gasteiger partial charge in [0.25, 0.3) is 5.78 Å². The largest absolute Gasteiger partial charge is 0.497 e. The van der Waals surface area contributed by atoms with Crippen LogP contribution in [0.1, 0.15) is 0 Å². The van der Waals surface area contributed by atoms with Gasteiger partial charge in [0.05, 0.1) is 17.7 Å². The number of halogens is 3. The Balaban J connectivity index is 2.28. The van der Waals surface area contributed by atoms with Crippen LogP contribution in [0.2, 0.25) is 15.3 Å². The Labute approximate surface area is 129 Å². The summed E-state index contributed by atoms with van der Waals surface area (Å²) in [5.74, 6) is 0.967. The van der Waals surface area contributed by atoms with Gasteiger partial charge >= 0.3 is 0 Å². The zero-order chi connectivity index (χ0) is 14.3. The van der Waals surface area contributed by atoms with Crippen LogP contribution < -0.4 is 4.74 Å². The van der Waals surface area contributed by atoms with E-state index >= 15 is 0 Å². The van der Waals surface area contributed by atoms with Gasteiger partial charge in [0.1, 0.15) is 22.4 Å². The highest BCUT2D eigenvalue weighted by Crippen LogP contribution is 2.38. The highest BCUT2D eigenvalue weighted by molar-refractivity contribution is 6.40. The van der Waals surface area contributed by atoms with Gasteiger partial charge < -0.3 is 4.74 Å². The van der Waals surface area contributed by atoms with Gasteiger partial charge in [-0.2, -0.15) is 19.6 Å². The fraction of sp³-hybridized carbons (Fsp3) is 0.0833. The Morgan fingerprint density at radius 3 is 2.70 bits per heavy atom. The molecule has 8 heteroatoms. The molecule has 20 heavy (non-hydrogen) atoms. The van der Waals surface area contributed by atoms with Crippen LogP contribution >= 0.6 is 34.8 Å². The molecule has 0 saturated carbocycles. The number of aromatic nitrogens is 4. The fourth-order valence-corrected chi connectivity index (χ4v) is 2.72. The molecule has 3 aromatic rings. The summed E-state index contributed by atoms with van der Waals surface area (Å²) in [7, 11) is 1.56. The maximum absolute atomic E-state index is 6.31. The molecule has 1 aromatic carbocycles. The second-order valence-corrected chi connectivity index (χ2v) is 5.01. The number of nitrogens with zero attached hydrogens (tertiary/aromatic N) is 4. The summed E-state index contributed by atoms with van der Waals surface area (Å²) in [4.78, 5) is 8.08. The highest BCUT2D eigenvalue weighted by Gasteiger charge is 2.18. The van der Waals surface area contributed by atoms with Crippen molar-refractivity contribution in [3.05, 3.63) is 39.9 Å². The second-order valence-electron chi connectivity index (χ2n) is 3.89. The number of ether oxygens (including phenoxy) is 1. The maximum Gasteiger partial charge on any atom is 0.255 e. The minimum absolute atomic E-state index is 0.211. The Kier molecular flexibility index (Phi) is 3.41. The molecule has 0 atom stereocenters. The first kappa shape index (κ1) is 13.4. The van der Waals surface area contributed by atoms with Gasteiger partial charge in [-0.05, 0) is 18.2 Å². The fourth-order valence-electron chi connectivity index (χ4n) is 1.83. The number of rotatable bonds is 2. The monoisotopic (exact) mass is 328 g/mol. The summed E-state index contributed by atoms with van der Waals surface area (Å²) in [5, 5.41) is 4.95. The molecule has 0 aliphatic carbocycles. The lowest BCUT2D eigenvalue weighted by Crippen LogP contribution is -1.98. The topological polar surface area (TPSA) is 52.3 Å². The van der Waals surface area contributed by atoms with Crippen LogP contribution in [0.5, 0.6) is 5.75 Å². The maximum atomic E-state index is 6.31. The molecular weight excluding hydrogens is 323 g/mol. The summed E-state index contributed by atoms with van der Waals surface area (Å²) in [6, 6.07) is 5.20. The van der Waals surface area contributed by atoms with E-state index in [0.717, 1.165) is 0 Å². The van der Waals surface area contributed by atoms with Crippen LogP contribution in [0.4, 0.5) is 0 Å². The number of fused-ring (bicyclic) bond motifs is 1. The lowest BCUT2D eigenvalue weighted by molar-refractivity contribution is 0.415. The molecule has 0 radical (unpaired) electrons. The quantitative estimate of drug-likeness (QED) is 0.672. The first-order valence-corrected chi connectivity index (χ1v) is 6.64. The minimum atomic E-state index is 0.211. The van der Waals surface area contributed by atoms with Gasteiger partial charge in [-0.15, -0.1) is 0 Å². The molecule has 0 spiro atoms. The molecule has 5 nitrogen and oxygen atoms in total. The Morgan fingerprint density at radius 1 is 1.20 bits per heavy atom. The second kappa shape index (κ2) is 5.09. The molecule has 0 fully saturated rings. The molecule has 3 rings (SSSR count). The lowest BCUT2D eigenvalue weighted by atomic mass is 10.1. The van der Waals surface area contributed by atoms with E-state index in [-0.39, 0.29) is 5.15 Å². The van der Waals surface area contributed by atoms with E-state index in [1.807, 2.05) is 0 Å². The third kappa shape index (κ3) is 2.08. The molecule has 2 heterocycles. The Bertz CT molecular complexity index is 803. The van der Waals surface area contributed by atoms with Crippen molar-refractivity contribution in [2.45, 2.75) is 0 Å². The SMILES string of the molecule is COc1ccc(-c2c(Cl)nc3ncnn3c2Cl)c(Cl)c1. The van der Waals surface area contributed by atoms with Crippen LogP contribution in [0.15, 0.2) is 24.5 Å². The van der Waals surface area contributed by atoms with E-state index in [1.54, 1.807) is 25.3 Å². The van der Waals surface area contributed by atoms with Crippen molar-refractivity contribution >= 4 is 40.6 Å². The van der Waals surface area contributed by atoms with E-state index in [1.165, 1.54) is 10.8 Å². The van der Waals surface area contributed by atoms with Crippen molar-refractivity contribution in [2.24, 2.45) is 0 Å². The molecule has 0 bridgehead atoms. The molecule has 0 amide bonds. The average Bonchev–Trinajstić information content (AvgIpc) is 2.88. The number of hydrogen-bond acceptors (Lipinski definition) is 4. The van der Waals surface area contributed by atoms with Crippen molar-refractivity contribution in [3.8, 4) is 16.9 Å². The molecule has 0 aliphatic rings. The van der Waals surface area contributed by atoms with Crippen molar-refractivity contribution in [1.82, 2.24) is 19.6 Å². The molecule has 0 aliphatic heterocycles. The van der Waals surface area contributed by atoms with Gasteiger partial charge in [-0.3, -0.25) is 0 Å². The van der Waals surface area contributed by atoms with Crippen molar-refractivity contribution in [1.29, 1.82) is 0 Å². The first-order valence-electron chi connectivity index (χ1n) is 5.50. The lowest BCUT2D eigenvalue weighted by Gasteiger charge is -2.10. The predicted molar refractivity (Wildman–Crippen MR) is 77.8 cm³/mol. The van der Waals surface area contributed by atoms with E-state index in [4.69, 9.17) is 39.5 Å². The van der Waals surface area contributed by atoms with Crippen molar-refractivity contribution in [3.63, 3.8) is 0 Å². The van der Waals surface area contributed by atoms with Crippen LogP contribution in [0.25, 0.3) is 16.9 Å². The van der Waals surface area contributed by atoms with Crippen LogP contribution in [-0.4, -0.2) is 26.7 Å². The minimum Gasteiger partial charge on any atom is -0.497 e.